The van der Waals surface area contributed by atoms with Crippen molar-refractivity contribution in [1.29, 1.82) is 0 Å². The molecule has 1 unspecified atom stereocenters. The predicted octanol–water partition coefficient (Wildman–Crippen LogP) is 3.16. The minimum absolute atomic E-state index is 0.406. The third-order valence-corrected chi connectivity index (χ3v) is 3.95. The highest BCUT2D eigenvalue weighted by molar-refractivity contribution is 7.98. The van der Waals surface area contributed by atoms with Crippen LogP contribution in [0.4, 0.5) is 5.95 Å². The van der Waals surface area contributed by atoms with Crippen molar-refractivity contribution in [2.45, 2.75) is 37.8 Å². The van der Waals surface area contributed by atoms with E-state index in [0.717, 1.165) is 35.7 Å². The molecule has 0 saturated carbocycles. The van der Waals surface area contributed by atoms with Gasteiger partial charge in [-0.1, -0.05) is 25.6 Å². The molecule has 0 spiro atoms. The quantitative estimate of drug-likeness (QED) is 0.626. The fraction of sp³-hybridized carbons (Fsp3) is 0.467. The number of anilines is 1. The van der Waals surface area contributed by atoms with E-state index in [1.54, 1.807) is 11.8 Å². The second kappa shape index (κ2) is 7.93. The lowest BCUT2D eigenvalue weighted by Crippen LogP contribution is -2.09. The van der Waals surface area contributed by atoms with Crippen molar-refractivity contribution in [3.05, 3.63) is 35.9 Å². The molecule has 2 aromatic rings. The van der Waals surface area contributed by atoms with Gasteiger partial charge in [-0.2, -0.15) is 0 Å². The maximum absolute atomic E-state index is 4.31. The van der Waals surface area contributed by atoms with Crippen LogP contribution in [0.5, 0.6) is 0 Å². The van der Waals surface area contributed by atoms with Gasteiger partial charge < -0.3 is 5.32 Å². The van der Waals surface area contributed by atoms with Crippen LogP contribution in [0.1, 0.15) is 37.3 Å². The Bertz CT molecular complexity index is 541. The van der Waals surface area contributed by atoms with Crippen molar-refractivity contribution in [3.8, 4) is 0 Å². The first-order chi connectivity index (χ1) is 10.2. The molecule has 0 aliphatic heterocycles. The van der Waals surface area contributed by atoms with E-state index in [0.29, 0.717) is 11.9 Å². The van der Waals surface area contributed by atoms with Gasteiger partial charge in [0.25, 0.3) is 0 Å². The minimum Gasteiger partial charge on any atom is -0.354 e. The van der Waals surface area contributed by atoms with E-state index in [9.17, 15) is 0 Å². The van der Waals surface area contributed by atoms with Gasteiger partial charge in [0.1, 0.15) is 0 Å². The standard InChI is InChI=1S/C15H21N5S/c1-4-12-7-17-14(18-8-12)16-6-5-11(2)13-9-19-15(21-3)20-10-13/h7-11H,4-6H2,1-3H3,(H,16,17,18). The molecule has 1 N–H and O–H groups in total. The van der Waals surface area contributed by atoms with E-state index in [-0.39, 0.29) is 0 Å². The first kappa shape index (κ1) is 15.7. The smallest absolute Gasteiger partial charge is 0.222 e. The molecule has 2 heterocycles. The van der Waals surface area contributed by atoms with Crippen LogP contribution in [0.15, 0.2) is 29.9 Å². The van der Waals surface area contributed by atoms with E-state index in [1.807, 2.05) is 31.0 Å². The number of hydrogen-bond acceptors (Lipinski definition) is 6. The Balaban J connectivity index is 1.81. The highest BCUT2D eigenvalue weighted by Gasteiger charge is 2.07. The third kappa shape index (κ3) is 4.67. The Morgan fingerprint density at radius 3 is 2.33 bits per heavy atom. The second-order valence-corrected chi connectivity index (χ2v) is 5.66. The summed E-state index contributed by atoms with van der Waals surface area (Å²) in [5.74, 6) is 1.09. The maximum atomic E-state index is 4.31. The molecule has 2 rings (SSSR count). The summed E-state index contributed by atoms with van der Waals surface area (Å²) in [4.78, 5) is 17.2. The van der Waals surface area contributed by atoms with Crippen molar-refractivity contribution < 1.29 is 0 Å². The van der Waals surface area contributed by atoms with Gasteiger partial charge in [-0.3, -0.25) is 0 Å². The number of aromatic nitrogens is 4. The number of nitrogens with zero attached hydrogens (tertiary/aromatic N) is 4. The minimum atomic E-state index is 0.406. The molecule has 0 amide bonds. The van der Waals surface area contributed by atoms with Gasteiger partial charge in [0.15, 0.2) is 5.16 Å². The summed E-state index contributed by atoms with van der Waals surface area (Å²) in [7, 11) is 0. The zero-order valence-corrected chi connectivity index (χ0v) is 13.5. The van der Waals surface area contributed by atoms with Crippen LogP contribution in [0.25, 0.3) is 0 Å². The summed E-state index contributed by atoms with van der Waals surface area (Å²) in [5, 5.41) is 4.07. The summed E-state index contributed by atoms with van der Waals surface area (Å²) in [5.41, 5.74) is 2.32. The van der Waals surface area contributed by atoms with E-state index < -0.39 is 0 Å². The van der Waals surface area contributed by atoms with Crippen molar-refractivity contribution in [2.75, 3.05) is 18.1 Å². The molecule has 0 aliphatic carbocycles. The lowest BCUT2D eigenvalue weighted by molar-refractivity contribution is 0.690. The van der Waals surface area contributed by atoms with Gasteiger partial charge >= 0.3 is 0 Å². The van der Waals surface area contributed by atoms with Crippen molar-refractivity contribution in [3.63, 3.8) is 0 Å². The van der Waals surface area contributed by atoms with Crippen molar-refractivity contribution >= 4 is 17.7 Å². The zero-order chi connectivity index (χ0) is 15.1. The van der Waals surface area contributed by atoms with Gasteiger partial charge in [-0.25, -0.2) is 19.9 Å². The van der Waals surface area contributed by atoms with Crippen molar-refractivity contribution in [2.24, 2.45) is 0 Å². The van der Waals surface area contributed by atoms with Crippen LogP contribution in [0, 0.1) is 0 Å². The summed E-state index contributed by atoms with van der Waals surface area (Å²) < 4.78 is 0. The number of nitrogens with one attached hydrogen (secondary N) is 1. The van der Waals surface area contributed by atoms with Gasteiger partial charge in [0.05, 0.1) is 0 Å². The molecule has 0 radical (unpaired) electrons. The first-order valence-corrected chi connectivity index (χ1v) is 8.36. The van der Waals surface area contributed by atoms with E-state index >= 15 is 0 Å². The van der Waals surface area contributed by atoms with Crippen LogP contribution in [0.3, 0.4) is 0 Å². The van der Waals surface area contributed by atoms with E-state index in [4.69, 9.17) is 0 Å². The molecular formula is C15H21N5S. The Hall–Kier alpha value is -1.69. The summed E-state index contributed by atoms with van der Waals surface area (Å²) in [6, 6.07) is 0. The highest BCUT2D eigenvalue weighted by Crippen LogP contribution is 2.18. The molecule has 1 atom stereocenters. The Labute approximate surface area is 130 Å². The summed E-state index contributed by atoms with van der Waals surface area (Å²) in [6.07, 6.45) is 11.5. The highest BCUT2D eigenvalue weighted by atomic mass is 32.2. The molecule has 2 aromatic heterocycles. The molecule has 0 bridgehead atoms. The lowest BCUT2D eigenvalue weighted by atomic mass is 10.0. The van der Waals surface area contributed by atoms with Crippen LogP contribution >= 0.6 is 11.8 Å². The largest absolute Gasteiger partial charge is 0.354 e. The van der Waals surface area contributed by atoms with Crippen molar-refractivity contribution in [1.82, 2.24) is 19.9 Å². The molecule has 112 valence electrons. The molecular weight excluding hydrogens is 282 g/mol. The SMILES string of the molecule is CCc1cnc(NCCC(C)c2cnc(SC)nc2)nc1. The monoisotopic (exact) mass is 303 g/mol. The summed E-state index contributed by atoms with van der Waals surface area (Å²) >= 11 is 1.56. The number of aryl methyl sites for hydroxylation is 1. The summed E-state index contributed by atoms with van der Waals surface area (Å²) in [6.45, 7) is 5.11. The average Bonchev–Trinajstić information content (AvgIpc) is 2.55. The predicted molar refractivity (Wildman–Crippen MR) is 86.7 cm³/mol. The van der Waals surface area contributed by atoms with Gasteiger partial charge in [-0.05, 0) is 36.1 Å². The zero-order valence-electron chi connectivity index (χ0n) is 12.7. The fourth-order valence-electron chi connectivity index (χ4n) is 1.88. The van der Waals surface area contributed by atoms with E-state index in [2.05, 4.69) is 39.1 Å². The van der Waals surface area contributed by atoms with Gasteiger partial charge in [0.2, 0.25) is 5.95 Å². The van der Waals surface area contributed by atoms with Gasteiger partial charge in [0, 0.05) is 31.3 Å². The second-order valence-electron chi connectivity index (χ2n) is 4.89. The maximum Gasteiger partial charge on any atom is 0.222 e. The topological polar surface area (TPSA) is 63.6 Å². The molecule has 0 saturated heterocycles. The molecule has 6 heteroatoms. The van der Waals surface area contributed by atoms with Gasteiger partial charge in [-0.15, -0.1) is 0 Å². The third-order valence-electron chi connectivity index (χ3n) is 3.37. The molecule has 5 nitrogen and oxygen atoms in total. The normalized spacial score (nSPS) is 12.1. The average molecular weight is 303 g/mol. The molecule has 0 aromatic carbocycles. The Morgan fingerprint density at radius 1 is 1.10 bits per heavy atom. The first-order valence-electron chi connectivity index (χ1n) is 7.13. The van der Waals surface area contributed by atoms with Crippen LogP contribution in [-0.4, -0.2) is 32.7 Å². The molecule has 21 heavy (non-hydrogen) atoms. The molecule has 0 aliphatic rings. The number of thioether (sulfide) groups is 1. The Kier molecular flexibility index (Phi) is 5.92. The molecule has 0 fully saturated rings. The number of hydrogen-bond donors (Lipinski definition) is 1. The number of rotatable bonds is 7. The van der Waals surface area contributed by atoms with Crippen LogP contribution in [-0.2, 0) is 6.42 Å². The lowest BCUT2D eigenvalue weighted by Gasteiger charge is -2.12. The van der Waals surface area contributed by atoms with Crippen LogP contribution in [0.2, 0.25) is 0 Å². The fourth-order valence-corrected chi connectivity index (χ4v) is 2.20. The van der Waals surface area contributed by atoms with Crippen LogP contribution < -0.4 is 5.32 Å². The Morgan fingerprint density at radius 2 is 1.76 bits per heavy atom. The van der Waals surface area contributed by atoms with E-state index in [1.165, 1.54) is 0 Å².